The number of nitrogens with zero attached hydrogens (tertiary/aromatic N) is 2. The standard InChI is InChI=1S/C62H40N2O/c1-2-16-39(17-3-1)57-45-20-4-8-24-49(45)59(50-25-9-5-21-46(50)57)53-28-12-30-55-61(53)62-54(29-13-31-56(62)65-55)60-51-26-10-6-22-47(51)58(48-23-7-11-27-52(48)60)44-35-42(40-18-14-32-63-37-40)34-43(36-44)41-19-15-33-64-38-41/h1-10,12-26,28-38H,11,27H2. The molecule has 0 bridgehead atoms. The number of aromatic nitrogens is 2. The Balaban J connectivity index is 1.11. The van der Waals surface area contributed by atoms with Gasteiger partial charge in [-0.05, 0) is 154 Å². The minimum atomic E-state index is 0.884. The molecule has 0 N–H and O–H groups in total. The minimum absolute atomic E-state index is 0.884. The second-order valence-electron chi connectivity index (χ2n) is 17.1. The summed E-state index contributed by atoms with van der Waals surface area (Å²) >= 11 is 0. The van der Waals surface area contributed by atoms with E-state index in [9.17, 15) is 0 Å². The number of benzene rings is 9. The minimum Gasteiger partial charge on any atom is -0.456 e. The Labute approximate surface area is 376 Å². The van der Waals surface area contributed by atoms with E-state index in [4.69, 9.17) is 4.42 Å². The first kappa shape index (κ1) is 37.2. The summed E-state index contributed by atoms with van der Waals surface area (Å²) in [5.41, 5.74) is 18.5. The number of allylic oxidation sites excluding steroid dienone is 1. The van der Waals surface area contributed by atoms with Crippen LogP contribution in [0.5, 0.6) is 0 Å². The Bertz CT molecular complexity index is 3750. The fraction of sp³-hybridized carbons (Fsp3) is 0.0323. The van der Waals surface area contributed by atoms with Gasteiger partial charge in [-0.3, -0.25) is 9.97 Å². The summed E-state index contributed by atoms with van der Waals surface area (Å²) in [6.45, 7) is 0. The molecular formula is C62H40N2O. The van der Waals surface area contributed by atoms with Crippen LogP contribution in [0, 0.1) is 0 Å². The maximum Gasteiger partial charge on any atom is 0.136 e. The van der Waals surface area contributed by atoms with Crippen LogP contribution in [0.3, 0.4) is 0 Å². The van der Waals surface area contributed by atoms with Crippen molar-refractivity contribution in [3.8, 4) is 66.8 Å². The molecule has 3 heterocycles. The highest BCUT2D eigenvalue weighted by Gasteiger charge is 2.26. The van der Waals surface area contributed by atoms with Crippen molar-refractivity contribution in [3.05, 3.63) is 224 Å². The Morgan fingerprint density at radius 2 is 0.846 bits per heavy atom. The molecule has 0 fully saturated rings. The molecule has 3 nitrogen and oxygen atoms in total. The average Bonchev–Trinajstić information content (AvgIpc) is 3.78. The summed E-state index contributed by atoms with van der Waals surface area (Å²) in [4.78, 5) is 9.03. The number of rotatable bonds is 6. The van der Waals surface area contributed by atoms with Gasteiger partial charge in [-0.1, -0.05) is 152 Å². The lowest BCUT2D eigenvalue weighted by Gasteiger charge is -2.25. The highest BCUT2D eigenvalue weighted by molar-refractivity contribution is 6.28. The van der Waals surface area contributed by atoms with Gasteiger partial charge < -0.3 is 4.42 Å². The van der Waals surface area contributed by atoms with E-state index in [1.54, 1.807) is 0 Å². The van der Waals surface area contributed by atoms with E-state index in [1.165, 1.54) is 88.0 Å². The van der Waals surface area contributed by atoms with Crippen molar-refractivity contribution in [1.29, 1.82) is 0 Å². The smallest absolute Gasteiger partial charge is 0.136 e. The highest BCUT2D eigenvalue weighted by atomic mass is 16.3. The van der Waals surface area contributed by atoms with Crippen LogP contribution in [0.25, 0.3) is 127 Å². The maximum absolute atomic E-state index is 6.93. The topological polar surface area (TPSA) is 38.9 Å². The zero-order chi connectivity index (χ0) is 42.8. The lowest BCUT2D eigenvalue weighted by atomic mass is 9.78. The number of hydrogen-bond donors (Lipinski definition) is 0. The molecule has 0 spiro atoms. The van der Waals surface area contributed by atoms with Gasteiger partial charge >= 0.3 is 0 Å². The molecule has 0 amide bonds. The van der Waals surface area contributed by atoms with Gasteiger partial charge in [0.25, 0.3) is 0 Å². The van der Waals surface area contributed by atoms with Crippen LogP contribution >= 0.6 is 0 Å². The molecule has 3 heteroatoms. The van der Waals surface area contributed by atoms with E-state index in [1.807, 2.05) is 36.9 Å². The molecule has 3 aromatic heterocycles. The van der Waals surface area contributed by atoms with Crippen LogP contribution < -0.4 is 0 Å². The molecule has 304 valence electrons. The van der Waals surface area contributed by atoms with Gasteiger partial charge in [0.1, 0.15) is 11.2 Å². The monoisotopic (exact) mass is 828 g/mol. The van der Waals surface area contributed by atoms with Crippen molar-refractivity contribution in [2.24, 2.45) is 0 Å². The van der Waals surface area contributed by atoms with E-state index in [-0.39, 0.29) is 0 Å². The van der Waals surface area contributed by atoms with E-state index in [0.29, 0.717) is 0 Å². The van der Waals surface area contributed by atoms with Crippen molar-refractivity contribution >= 4 is 60.3 Å². The molecule has 13 rings (SSSR count). The Morgan fingerprint density at radius 3 is 1.40 bits per heavy atom. The molecule has 1 aliphatic rings. The molecule has 0 saturated heterocycles. The van der Waals surface area contributed by atoms with Crippen LogP contribution in [0.15, 0.2) is 217 Å². The van der Waals surface area contributed by atoms with Crippen LogP contribution in [-0.2, 0) is 6.42 Å². The van der Waals surface area contributed by atoms with E-state index in [0.717, 1.165) is 57.0 Å². The van der Waals surface area contributed by atoms with E-state index in [2.05, 4.69) is 192 Å². The largest absolute Gasteiger partial charge is 0.456 e. The van der Waals surface area contributed by atoms with Gasteiger partial charge in [-0.25, -0.2) is 0 Å². The van der Waals surface area contributed by atoms with Gasteiger partial charge in [-0.15, -0.1) is 0 Å². The van der Waals surface area contributed by atoms with Crippen LogP contribution in [0.2, 0.25) is 0 Å². The maximum atomic E-state index is 6.93. The molecule has 12 aromatic rings. The molecule has 0 aliphatic heterocycles. The zero-order valence-electron chi connectivity index (χ0n) is 35.5. The fourth-order valence-electron chi connectivity index (χ4n) is 10.8. The van der Waals surface area contributed by atoms with Gasteiger partial charge in [0, 0.05) is 46.7 Å². The summed E-state index contributed by atoms with van der Waals surface area (Å²) in [6.07, 6.45) is 14.2. The fourth-order valence-corrected chi connectivity index (χ4v) is 10.8. The molecular weight excluding hydrogens is 789 g/mol. The first-order valence-electron chi connectivity index (χ1n) is 22.4. The second-order valence-corrected chi connectivity index (χ2v) is 17.1. The Hall–Kier alpha value is -8.40. The van der Waals surface area contributed by atoms with Gasteiger partial charge in [0.05, 0.1) is 0 Å². The van der Waals surface area contributed by atoms with E-state index < -0.39 is 0 Å². The lowest BCUT2D eigenvalue weighted by molar-refractivity contribution is 0.669. The van der Waals surface area contributed by atoms with Gasteiger partial charge in [0.2, 0.25) is 0 Å². The first-order valence-corrected chi connectivity index (χ1v) is 22.4. The van der Waals surface area contributed by atoms with Crippen molar-refractivity contribution in [2.75, 3.05) is 0 Å². The molecule has 0 unspecified atom stereocenters. The predicted molar refractivity (Wildman–Crippen MR) is 272 cm³/mol. The Morgan fingerprint density at radius 1 is 0.369 bits per heavy atom. The molecule has 65 heavy (non-hydrogen) atoms. The van der Waals surface area contributed by atoms with Crippen molar-refractivity contribution in [3.63, 3.8) is 0 Å². The lowest BCUT2D eigenvalue weighted by Crippen LogP contribution is -2.03. The van der Waals surface area contributed by atoms with Crippen LogP contribution in [0.1, 0.15) is 17.5 Å². The molecule has 0 saturated carbocycles. The number of fused-ring (bicyclic) bond motifs is 7. The van der Waals surface area contributed by atoms with E-state index >= 15 is 0 Å². The first-order chi connectivity index (χ1) is 32.3. The van der Waals surface area contributed by atoms with Crippen molar-refractivity contribution < 1.29 is 4.42 Å². The van der Waals surface area contributed by atoms with Gasteiger partial charge in [0.15, 0.2) is 0 Å². The summed E-state index contributed by atoms with van der Waals surface area (Å²) in [7, 11) is 0. The number of furan rings is 1. The highest BCUT2D eigenvalue weighted by Crippen LogP contribution is 2.51. The third-order valence-electron chi connectivity index (χ3n) is 13.5. The molecule has 0 atom stereocenters. The van der Waals surface area contributed by atoms with Crippen LogP contribution in [0.4, 0.5) is 0 Å². The predicted octanol–water partition coefficient (Wildman–Crippen LogP) is 16.8. The van der Waals surface area contributed by atoms with Crippen LogP contribution in [-0.4, -0.2) is 9.97 Å². The average molecular weight is 829 g/mol. The zero-order valence-corrected chi connectivity index (χ0v) is 35.5. The second kappa shape index (κ2) is 15.1. The van der Waals surface area contributed by atoms with Crippen molar-refractivity contribution in [2.45, 2.75) is 12.8 Å². The summed E-state index contributed by atoms with van der Waals surface area (Å²) in [5.74, 6) is 0. The quantitative estimate of drug-likeness (QED) is 0.157. The summed E-state index contributed by atoms with van der Waals surface area (Å²) in [6, 6.07) is 66.2. The summed E-state index contributed by atoms with van der Waals surface area (Å²) < 4.78 is 6.93. The molecule has 1 aliphatic carbocycles. The number of pyridine rings is 2. The third-order valence-corrected chi connectivity index (χ3v) is 13.5. The Kier molecular flexibility index (Phi) is 8.67. The SMILES string of the molecule is C1=Cc2c(c(-c3cccc4oc5cccc(-c6c7ccccc7c(-c7ccccc7)c7ccccc67)c5c34)c3ccccc3c2-c2cc(-c3cccnc3)cc(-c3cccnc3)c2)CC1. The van der Waals surface area contributed by atoms with Crippen molar-refractivity contribution in [1.82, 2.24) is 9.97 Å². The summed E-state index contributed by atoms with van der Waals surface area (Å²) in [5, 5.41) is 9.64. The normalized spacial score (nSPS) is 12.4. The van der Waals surface area contributed by atoms with Gasteiger partial charge in [-0.2, -0.15) is 0 Å². The number of hydrogen-bond acceptors (Lipinski definition) is 3. The molecule has 0 radical (unpaired) electrons. The third kappa shape index (κ3) is 5.97. The molecule has 9 aromatic carbocycles.